The molecule has 1 aliphatic heterocycles. The van der Waals surface area contributed by atoms with Gasteiger partial charge in [-0.05, 0) is 12.1 Å². The Hall–Kier alpha value is -2.12. The molecule has 0 atom stereocenters. The van der Waals surface area contributed by atoms with Crippen LogP contribution in [0.5, 0.6) is 0 Å². The molecule has 0 bridgehead atoms. The standard InChI is InChI=1S/C23H28N4O2.2ClH/c1-24-22(28)20-10-5-6-11-21(20)23(29)27(24)13-7-12-25-14-16-26(17-15-25)18-19-8-3-2-4-9-19;;/h2-6,8-11H,7,12-18H2,1H3;2*1H. The van der Waals surface area contributed by atoms with E-state index in [1.54, 1.807) is 39.7 Å². The van der Waals surface area contributed by atoms with E-state index in [-0.39, 0.29) is 35.9 Å². The van der Waals surface area contributed by atoms with Crippen LogP contribution in [0, 0.1) is 0 Å². The molecule has 0 unspecified atom stereocenters. The fourth-order valence-electron chi connectivity index (χ4n) is 4.41. The fourth-order valence-corrected chi connectivity index (χ4v) is 4.41. The molecule has 0 amide bonds. The molecule has 3 aromatic rings. The number of nitrogens with one attached hydrogen (secondary N) is 2. The molecule has 0 spiro atoms. The normalized spacial score (nSPS) is 18.2. The van der Waals surface area contributed by atoms with Crippen molar-refractivity contribution in [3.8, 4) is 0 Å². The van der Waals surface area contributed by atoms with Crippen molar-refractivity contribution < 1.29 is 34.6 Å². The largest absolute Gasteiger partial charge is 1.00 e. The van der Waals surface area contributed by atoms with Gasteiger partial charge in [-0.25, -0.2) is 4.68 Å². The maximum atomic E-state index is 12.8. The molecule has 8 heteroatoms. The summed E-state index contributed by atoms with van der Waals surface area (Å²) in [4.78, 5) is 28.6. The molecule has 1 aliphatic rings. The fraction of sp³-hybridized carbons (Fsp3) is 0.391. The van der Waals surface area contributed by atoms with Crippen LogP contribution in [0.1, 0.15) is 12.0 Å². The van der Waals surface area contributed by atoms with Gasteiger partial charge in [0.25, 0.3) is 11.1 Å². The van der Waals surface area contributed by atoms with Gasteiger partial charge in [-0.1, -0.05) is 42.5 Å². The zero-order chi connectivity index (χ0) is 20.2. The molecule has 2 heterocycles. The molecule has 0 aliphatic carbocycles. The lowest BCUT2D eigenvalue weighted by atomic mass is 10.2. The molecule has 1 saturated heterocycles. The van der Waals surface area contributed by atoms with Crippen LogP contribution in [-0.4, -0.2) is 42.1 Å². The van der Waals surface area contributed by atoms with Crippen molar-refractivity contribution in [1.29, 1.82) is 0 Å². The second-order valence-corrected chi connectivity index (χ2v) is 8.07. The Morgan fingerprint density at radius 2 is 1.32 bits per heavy atom. The highest BCUT2D eigenvalue weighted by molar-refractivity contribution is 5.80. The van der Waals surface area contributed by atoms with Gasteiger partial charge in [-0.15, -0.1) is 0 Å². The van der Waals surface area contributed by atoms with E-state index in [1.165, 1.54) is 23.3 Å². The SMILES string of the molecule is Cn1c(=O)c2ccccc2c(=O)n1CCC[NH+]1CC[NH+](Cc2ccccc2)CC1.[Cl-].[Cl-]. The second-order valence-electron chi connectivity index (χ2n) is 8.07. The Kier molecular flexibility index (Phi) is 9.32. The van der Waals surface area contributed by atoms with E-state index in [9.17, 15) is 9.59 Å². The number of fused-ring (bicyclic) bond motifs is 1. The van der Waals surface area contributed by atoms with Crippen LogP contribution in [0.25, 0.3) is 10.8 Å². The molecular formula is C23H30Cl2N4O2. The van der Waals surface area contributed by atoms with Crippen LogP contribution in [0.15, 0.2) is 64.2 Å². The van der Waals surface area contributed by atoms with Crippen molar-refractivity contribution in [2.75, 3.05) is 32.7 Å². The number of aromatic nitrogens is 2. The average molecular weight is 465 g/mol. The maximum absolute atomic E-state index is 12.8. The summed E-state index contributed by atoms with van der Waals surface area (Å²) >= 11 is 0. The second kappa shape index (κ2) is 11.5. The molecule has 31 heavy (non-hydrogen) atoms. The zero-order valence-corrected chi connectivity index (χ0v) is 19.3. The van der Waals surface area contributed by atoms with E-state index < -0.39 is 0 Å². The molecule has 0 radical (unpaired) electrons. The van der Waals surface area contributed by atoms with Crippen LogP contribution in [0.2, 0.25) is 0 Å². The third kappa shape index (κ3) is 5.77. The summed E-state index contributed by atoms with van der Waals surface area (Å²) in [6, 6.07) is 17.8. The number of benzene rings is 2. The summed E-state index contributed by atoms with van der Waals surface area (Å²) in [5, 5.41) is 1.01. The third-order valence-electron chi connectivity index (χ3n) is 6.14. The molecule has 168 valence electrons. The smallest absolute Gasteiger partial charge is 0.273 e. The first-order valence-corrected chi connectivity index (χ1v) is 10.5. The highest BCUT2D eigenvalue weighted by Crippen LogP contribution is 2.03. The average Bonchev–Trinajstić information content (AvgIpc) is 2.76. The van der Waals surface area contributed by atoms with Gasteiger partial charge >= 0.3 is 0 Å². The number of hydrogen-bond donors (Lipinski definition) is 2. The zero-order valence-electron chi connectivity index (χ0n) is 17.8. The Morgan fingerprint density at radius 3 is 1.97 bits per heavy atom. The first-order valence-electron chi connectivity index (χ1n) is 10.5. The van der Waals surface area contributed by atoms with E-state index in [0.29, 0.717) is 17.3 Å². The number of hydrogen-bond acceptors (Lipinski definition) is 2. The summed E-state index contributed by atoms with van der Waals surface area (Å²) in [6.07, 6.45) is 0.898. The highest BCUT2D eigenvalue weighted by Gasteiger charge is 2.22. The maximum Gasteiger partial charge on any atom is 0.273 e. The molecule has 4 rings (SSSR count). The van der Waals surface area contributed by atoms with Gasteiger partial charge in [0.1, 0.15) is 32.7 Å². The predicted octanol–water partition coefficient (Wildman–Crippen LogP) is -6.92. The van der Waals surface area contributed by atoms with Gasteiger partial charge in [0.15, 0.2) is 0 Å². The summed E-state index contributed by atoms with van der Waals surface area (Å²) in [5.41, 5.74) is 1.23. The van der Waals surface area contributed by atoms with Crippen molar-refractivity contribution in [1.82, 2.24) is 9.36 Å². The van der Waals surface area contributed by atoms with Crippen molar-refractivity contribution in [2.45, 2.75) is 19.5 Å². The summed E-state index contributed by atoms with van der Waals surface area (Å²) < 4.78 is 3.07. The van der Waals surface area contributed by atoms with Gasteiger partial charge in [0.2, 0.25) is 0 Å². The number of piperazine rings is 1. The lowest BCUT2D eigenvalue weighted by Gasteiger charge is -2.29. The monoisotopic (exact) mass is 464 g/mol. The molecule has 0 saturated carbocycles. The minimum Gasteiger partial charge on any atom is -1.00 e. The Balaban J connectivity index is 0.00000171. The highest BCUT2D eigenvalue weighted by atomic mass is 35.5. The minimum atomic E-state index is -0.106. The molecule has 2 N–H and O–H groups in total. The van der Waals surface area contributed by atoms with Crippen LogP contribution in [0.4, 0.5) is 0 Å². The van der Waals surface area contributed by atoms with Crippen molar-refractivity contribution in [3.63, 3.8) is 0 Å². The quantitative estimate of drug-likeness (QED) is 0.381. The Labute approximate surface area is 194 Å². The molecule has 1 fully saturated rings. The molecule has 2 aromatic carbocycles. The van der Waals surface area contributed by atoms with E-state index in [0.717, 1.165) is 32.6 Å². The summed E-state index contributed by atoms with van der Waals surface area (Å²) in [6.45, 7) is 7.40. The van der Waals surface area contributed by atoms with Crippen molar-refractivity contribution in [3.05, 3.63) is 80.9 Å². The summed E-state index contributed by atoms with van der Waals surface area (Å²) in [5.74, 6) is 0. The van der Waals surface area contributed by atoms with Crippen LogP contribution >= 0.6 is 0 Å². The molecule has 6 nitrogen and oxygen atoms in total. The molecule has 1 aromatic heterocycles. The van der Waals surface area contributed by atoms with Crippen molar-refractivity contribution >= 4 is 10.8 Å². The van der Waals surface area contributed by atoms with Gasteiger partial charge in [0, 0.05) is 25.6 Å². The lowest BCUT2D eigenvalue weighted by molar-refractivity contribution is -1.02. The van der Waals surface area contributed by atoms with Crippen LogP contribution < -0.4 is 45.7 Å². The number of nitrogens with zero attached hydrogens (tertiary/aromatic N) is 2. The number of quaternary nitrogens is 2. The third-order valence-corrected chi connectivity index (χ3v) is 6.14. The van der Waals surface area contributed by atoms with Gasteiger partial charge in [-0.3, -0.25) is 14.3 Å². The Morgan fingerprint density at radius 1 is 0.774 bits per heavy atom. The predicted molar refractivity (Wildman–Crippen MR) is 114 cm³/mol. The van der Waals surface area contributed by atoms with Crippen molar-refractivity contribution in [2.24, 2.45) is 7.05 Å². The van der Waals surface area contributed by atoms with Gasteiger partial charge in [0.05, 0.1) is 17.3 Å². The lowest BCUT2D eigenvalue weighted by Crippen LogP contribution is -3.27. The van der Waals surface area contributed by atoms with Crippen LogP contribution in [-0.2, 0) is 20.1 Å². The first-order chi connectivity index (χ1) is 14.1. The van der Waals surface area contributed by atoms with Gasteiger partial charge < -0.3 is 34.6 Å². The minimum absolute atomic E-state index is 0. The van der Waals surface area contributed by atoms with Gasteiger partial charge in [-0.2, -0.15) is 0 Å². The van der Waals surface area contributed by atoms with Crippen LogP contribution in [0.3, 0.4) is 0 Å². The first kappa shape index (κ1) is 25.1. The summed E-state index contributed by atoms with van der Waals surface area (Å²) in [7, 11) is 1.69. The Bertz CT molecular complexity index is 1090. The van der Waals surface area contributed by atoms with E-state index in [1.807, 2.05) is 6.07 Å². The van der Waals surface area contributed by atoms with E-state index in [4.69, 9.17) is 0 Å². The van der Waals surface area contributed by atoms with E-state index >= 15 is 0 Å². The van der Waals surface area contributed by atoms with E-state index in [2.05, 4.69) is 30.3 Å². The molecular weight excluding hydrogens is 435 g/mol. The topological polar surface area (TPSA) is 52.9 Å². The number of rotatable bonds is 6. The number of halogens is 2.